The molecule has 8 heteroatoms. The predicted octanol–water partition coefficient (Wildman–Crippen LogP) is 6.17. The van der Waals surface area contributed by atoms with Gasteiger partial charge in [-0.2, -0.15) is 0 Å². The van der Waals surface area contributed by atoms with Crippen molar-refractivity contribution in [1.29, 1.82) is 0 Å². The molecule has 0 aliphatic rings. The van der Waals surface area contributed by atoms with Crippen LogP contribution in [0.25, 0.3) is 0 Å². The number of anilines is 2. The second-order valence-electron chi connectivity index (χ2n) is 7.53. The highest BCUT2D eigenvalue weighted by molar-refractivity contribution is 9.10. The van der Waals surface area contributed by atoms with Crippen molar-refractivity contribution >= 4 is 55.0 Å². The molecule has 0 fully saturated rings. The lowest BCUT2D eigenvalue weighted by Gasteiger charge is -2.13. The van der Waals surface area contributed by atoms with Crippen molar-refractivity contribution in [3.05, 3.63) is 80.2 Å². The van der Waals surface area contributed by atoms with Gasteiger partial charge in [0.05, 0.1) is 0 Å². The van der Waals surface area contributed by atoms with Crippen LogP contribution in [0, 0.1) is 20.8 Å². The van der Waals surface area contributed by atoms with E-state index in [0.29, 0.717) is 22.9 Å². The van der Waals surface area contributed by atoms with Crippen molar-refractivity contribution in [3.63, 3.8) is 0 Å². The summed E-state index contributed by atoms with van der Waals surface area (Å²) in [5.74, 6) is 0.634. The summed E-state index contributed by atoms with van der Waals surface area (Å²) in [7, 11) is 0. The number of carbonyl (C=O) groups excluding carboxylic acids is 2. The first-order valence-electron chi connectivity index (χ1n) is 10.2. The number of aryl methyl sites for hydroxylation is 3. The van der Waals surface area contributed by atoms with E-state index in [1.54, 1.807) is 24.3 Å². The molecule has 2 amide bonds. The molecule has 3 aromatic carbocycles. The lowest BCUT2D eigenvalue weighted by atomic mass is 10.1. The van der Waals surface area contributed by atoms with E-state index < -0.39 is 0 Å². The van der Waals surface area contributed by atoms with E-state index in [4.69, 9.17) is 9.47 Å². The van der Waals surface area contributed by atoms with E-state index in [2.05, 4.69) is 42.5 Å². The molecule has 2 N–H and O–H groups in total. The van der Waals surface area contributed by atoms with Crippen molar-refractivity contribution in [2.45, 2.75) is 20.8 Å². The Hall–Kier alpha value is -2.84. The fourth-order valence-electron chi connectivity index (χ4n) is 2.93. The lowest BCUT2D eigenvalue weighted by Crippen LogP contribution is -2.22. The molecule has 0 aromatic heterocycles. The largest absolute Gasteiger partial charge is 0.484 e. The van der Waals surface area contributed by atoms with Crippen molar-refractivity contribution in [2.75, 3.05) is 23.8 Å². The zero-order chi connectivity index (χ0) is 24.0. The number of rotatable bonds is 8. The van der Waals surface area contributed by atoms with Crippen LogP contribution >= 0.6 is 31.9 Å². The molecule has 3 aromatic rings. The topological polar surface area (TPSA) is 76.7 Å². The normalized spacial score (nSPS) is 10.5. The Labute approximate surface area is 209 Å². The first kappa shape index (κ1) is 24.8. The zero-order valence-corrected chi connectivity index (χ0v) is 21.7. The standard InChI is InChI=1S/C25H24Br2N2O4/c1-15-4-5-18(28-24(30)13-32-19-6-8-21(26)16(2)10-19)12-23(15)29-25(31)14-33-20-7-9-22(27)17(3)11-20/h4-12H,13-14H2,1-3H3,(H,28,30)(H,29,31). The molecular weight excluding hydrogens is 552 g/mol. The fourth-order valence-corrected chi connectivity index (χ4v) is 3.42. The lowest BCUT2D eigenvalue weighted by molar-refractivity contribution is -0.118. The van der Waals surface area contributed by atoms with E-state index in [9.17, 15) is 9.59 Å². The van der Waals surface area contributed by atoms with Crippen molar-refractivity contribution < 1.29 is 19.1 Å². The molecule has 33 heavy (non-hydrogen) atoms. The summed E-state index contributed by atoms with van der Waals surface area (Å²) in [6.07, 6.45) is 0. The van der Waals surface area contributed by atoms with Crippen LogP contribution in [0.4, 0.5) is 11.4 Å². The minimum absolute atomic E-state index is 0.127. The molecule has 0 spiro atoms. The van der Waals surface area contributed by atoms with E-state index in [1.807, 2.05) is 51.1 Å². The summed E-state index contributed by atoms with van der Waals surface area (Å²) >= 11 is 6.87. The molecule has 3 rings (SSSR count). The number of halogens is 2. The Balaban J connectivity index is 1.54. The van der Waals surface area contributed by atoms with E-state index in [1.165, 1.54) is 0 Å². The van der Waals surface area contributed by atoms with Crippen LogP contribution in [0.1, 0.15) is 16.7 Å². The van der Waals surface area contributed by atoms with Gasteiger partial charge in [-0.1, -0.05) is 37.9 Å². The summed E-state index contributed by atoms with van der Waals surface area (Å²) in [6, 6.07) is 16.4. The monoisotopic (exact) mass is 574 g/mol. The second-order valence-corrected chi connectivity index (χ2v) is 9.23. The van der Waals surface area contributed by atoms with Gasteiger partial charge in [0.25, 0.3) is 11.8 Å². The molecule has 0 heterocycles. The van der Waals surface area contributed by atoms with Crippen molar-refractivity contribution in [1.82, 2.24) is 0 Å². The van der Waals surface area contributed by atoms with Gasteiger partial charge in [0.1, 0.15) is 11.5 Å². The number of hydrogen-bond donors (Lipinski definition) is 2. The minimum atomic E-state index is -0.300. The second kappa shape index (κ2) is 11.3. The van der Waals surface area contributed by atoms with Crippen LogP contribution < -0.4 is 20.1 Å². The Morgan fingerprint density at radius 1 is 0.697 bits per heavy atom. The van der Waals surface area contributed by atoms with Crippen molar-refractivity contribution in [3.8, 4) is 11.5 Å². The maximum Gasteiger partial charge on any atom is 0.262 e. The maximum absolute atomic E-state index is 12.4. The summed E-state index contributed by atoms with van der Waals surface area (Å²) in [4.78, 5) is 24.7. The van der Waals surface area contributed by atoms with E-state index >= 15 is 0 Å². The zero-order valence-electron chi connectivity index (χ0n) is 18.5. The van der Waals surface area contributed by atoms with Gasteiger partial charge in [-0.05, 0) is 86.0 Å². The number of benzene rings is 3. The molecule has 0 saturated carbocycles. The van der Waals surface area contributed by atoms with Gasteiger partial charge in [0, 0.05) is 20.3 Å². The highest BCUT2D eigenvalue weighted by Gasteiger charge is 2.10. The van der Waals surface area contributed by atoms with Gasteiger partial charge in [0.2, 0.25) is 0 Å². The Bertz CT molecular complexity index is 1180. The van der Waals surface area contributed by atoms with Gasteiger partial charge >= 0.3 is 0 Å². The minimum Gasteiger partial charge on any atom is -0.484 e. The summed E-state index contributed by atoms with van der Waals surface area (Å²) < 4.78 is 13.1. The molecule has 6 nitrogen and oxygen atoms in total. The highest BCUT2D eigenvalue weighted by atomic mass is 79.9. The number of carbonyl (C=O) groups is 2. The molecule has 0 unspecified atom stereocenters. The summed E-state index contributed by atoms with van der Waals surface area (Å²) in [5.41, 5.74) is 4.05. The van der Waals surface area contributed by atoms with Crippen LogP contribution in [0.2, 0.25) is 0 Å². The Morgan fingerprint density at radius 2 is 1.21 bits per heavy atom. The fraction of sp³-hybridized carbons (Fsp3) is 0.200. The third kappa shape index (κ3) is 7.33. The van der Waals surface area contributed by atoms with E-state index in [-0.39, 0.29) is 25.0 Å². The average molecular weight is 576 g/mol. The number of ether oxygens (including phenoxy) is 2. The Kier molecular flexibility index (Phi) is 8.52. The Morgan fingerprint density at radius 3 is 1.73 bits per heavy atom. The number of amides is 2. The predicted molar refractivity (Wildman–Crippen MR) is 137 cm³/mol. The summed E-state index contributed by atoms with van der Waals surface area (Å²) in [5, 5.41) is 5.62. The maximum atomic E-state index is 12.4. The first-order chi connectivity index (χ1) is 15.7. The molecular formula is C25H24Br2N2O4. The first-order valence-corrected chi connectivity index (χ1v) is 11.8. The van der Waals surface area contributed by atoms with Gasteiger partial charge in [-0.25, -0.2) is 0 Å². The molecule has 0 bridgehead atoms. The van der Waals surface area contributed by atoms with E-state index in [0.717, 1.165) is 25.6 Å². The third-order valence-corrected chi connectivity index (χ3v) is 6.57. The number of nitrogens with one attached hydrogen (secondary N) is 2. The molecule has 172 valence electrons. The molecule has 0 aliphatic carbocycles. The highest BCUT2D eigenvalue weighted by Crippen LogP contribution is 2.24. The van der Waals surface area contributed by atoms with Crippen LogP contribution in [0.3, 0.4) is 0 Å². The van der Waals surface area contributed by atoms with Gasteiger partial charge in [-0.3, -0.25) is 9.59 Å². The van der Waals surface area contributed by atoms with Crippen molar-refractivity contribution in [2.24, 2.45) is 0 Å². The molecule has 0 aliphatic heterocycles. The van der Waals surface area contributed by atoms with Crippen LogP contribution in [0.15, 0.2) is 63.5 Å². The SMILES string of the molecule is Cc1cc(OCC(=O)Nc2ccc(C)c(NC(=O)COc3ccc(Br)c(C)c3)c2)ccc1Br. The third-order valence-electron chi connectivity index (χ3n) is 4.79. The molecule has 0 atom stereocenters. The van der Waals surface area contributed by atoms with Crippen LogP contribution in [-0.2, 0) is 9.59 Å². The smallest absolute Gasteiger partial charge is 0.262 e. The van der Waals surface area contributed by atoms with Gasteiger partial charge in [-0.15, -0.1) is 0 Å². The van der Waals surface area contributed by atoms with Crippen LogP contribution in [0.5, 0.6) is 11.5 Å². The molecule has 0 radical (unpaired) electrons. The quantitative estimate of drug-likeness (QED) is 0.337. The number of hydrogen-bond acceptors (Lipinski definition) is 4. The molecule has 0 saturated heterocycles. The van der Waals surface area contributed by atoms with Gasteiger partial charge < -0.3 is 20.1 Å². The van der Waals surface area contributed by atoms with Gasteiger partial charge in [0.15, 0.2) is 13.2 Å². The average Bonchev–Trinajstić information content (AvgIpc) is 2.77. The summed E-state index contributed by atoms with van der Waals surface area (Å²) in [6.45, 7) is 5.52. The van der Waals surface area contributed by atoms with Crippen LogP contribution in [-0.4, -0.2) is 25.0 Å².